The van der Waals surface area contributed by atoms with Gasteiger partial charge in [0.15, 0.2) is 5.78 Å². The normalized spacial score (nSPS) is 19.0. The number of carbonyl (C=O) groups excluding carboxylic acids is 2. The van der Waals surface area contributed by atoms with Crippen molar-refractivity contribution in [1.82, 2.24) is 5.32 Å². The third-order valence-corrected chi connectivity index (χ3v) is 5.03. The Morgan fingerprint density at radius 3 is 2.42 bits per heavy atom. The first-order chi connectivity index (χ1) is 11.0. The van der Waals surface area contributed by atoms with Crippen molar-refractivity contribution in [2.24, 2.45) is 5.41 Å². The van der Waals surface area contributed by atoms with Gasteiger partial charge < -0.3 is 10.2 Å². The molecular weight excluding hydrogens is 320 g/mol. The van der Waals surface area contributed by atoms with Crippen molar-refractivity contribution in [2.75, 3.05) is 17.2 Å². The number of amides is 1. The van der Waals surface area contributed by atoms with Crippen molar-refractivity contribution >= 4 is 29.1 Å². The number of rotatable bonds is 3. The van der Waals surface area contributed by atoms with Gasteiger partial charge in [0.2, 0.25) is 5.91 Å². The monoisotopic (exact) mass is 348 g/mol. The Labute approximate surface area is 149 Å². The molecule has 1 aliphatic rings. The van der Waals surface area contributed by atoms with E-state index in [1.54, 1.807) is 16.7 Å². The number of anilines is 1. The number of thioether (sulfide) groups is 1. The molecule has 0 spiro atoms. The average Bonchev–Trinajstić information content (AvgIpc) is 2.57. The number of hydrogen-bond acceptors (Lipinski definition) is 4. The van der Waals surface area contributed by atoms with Crippen LogP contribution in [0.4, 0.5) is 5.69 Å². The van der Waals surface area contributed by atoms with Gasteiger partial charge in [-0.15, -0.1) is 11.8 Å². The van der Waals surface area contributed by atoms with Gasteiger partial charge in [-0.25, -0.2) is 0 Å². The van der Waals surface area contributed by atoms with E-state index in [0.717, 1.165) is 10.6 Å². The Kier molecular flexibility index (Phi) is 5.45. The number of hydrogen-bond donors (Lipinski definition) is 1. The molecule has 5 heteroatoms. The molecule has 1 amide bonds. The van der Waals surface area contributed by atoms with Crippen molar-refractivity contribution in [3.8, 4) is 0 Å². The number of ketones is 1. The first kappa shape index (κ1) is 19.0. The summed E-state index contributed by atoms with van der Waals surface area (Å²) in [6, 6.07) is 7.52. The minimum absolute atomic E-state index is 0.0278. The zero-order chi connectivity index (χ0) is 18.1. The lowest BCUT2D eigenvalue weighted by atomic mass is 9.90. The smallest absolute Gasteiger partial charge is 0.245 e. The van der Waals surface area contributed by atoms with Gasteiger partial charge in [-0.3, -0.25) is 9.59 Å². The summed E-state index contributed by atoms with van der Waals surface area (Å²) in [5, 5.41) is 3.40. The first-order valence-corrected chi connectivity index (χ1v) is 9.32. The van der Waals surface area contributed by atoms with E-state index in [1.165, 1.54) is 0 Å². The largest absolute Gasteiger partial charge is 0.302 e. The molecule has 0 bridgehead atoms. The van der Waals surface area contributed by atoms with Gasteiger partial charge in [0, 0.05) is 21.6 Å². The van der Waals surface area contributed by atoms with Crippen molar-refractivity contribution in [3.63, 3.8) is 0 Å². The van der Waals surface area contributed by atoms with Crippen LogP contribution in [-0.4, -0.2) is 35.6 Å². The molecule has 0 fully saturated rings. The molecule has 0 unspecified atom stereocenters. The number of Topliss-reactive ketones (excluding diaryl/α,β-unsaturated/α-hetero) is 1. The van der Waals surface area contributed by atoms with E-state index in [2.05, 4.69) is 5.32 Å². The van der Waals surface area contributed by atoms with E-state index in [4.69, 9.17) is 0 Å². The first-order valence-electron chi connectivity index (χ1n) is 8.33. The number of fused-ring (bicyclic) bond motifs is 1. The predicted molar refractivity (Wildman–Crippen MR) is 101 cm³/mol. The number of carbonyl (C=O) groups is 2. The van der Waals surface area contributed by atoms with Crippen LogP contribution >= 0.6 is 11.8 Å². The molecule has 1 aliphatic heterocycles. The lowest BCUT2D eigenvalue weighted by Gasteiger charge is -2.31. The van der Waals surface area contributed by atoms with Crippen LogP contribution in [0.5, 0.6) is 0 Å². The van der Waals surface area contributed by atoms with Gasteiger partial charge in [-0.05, 0) is 32.9 Å². The van der Waals surface area contributed by atoms with E-state index in [1.807, 2.05) is 65.8 Å². The predicted octanol–water partition coefficient (Wildman–Crippen LogP) is 3.50. The van der Waals surface area contributed by atoms with Gasteiger partial charge >= 0.3 is 0 Å². The molecule has 0 aromatic heterocycles. The van der Waals surface area contributed by atoms with Crippen molar-refractivity contribution in [1.29, 1.82) is 0 Å². The Balaban J connectivity index is 2.37. The summed E-state index contributed by atoms with van der Waals surface area (Å²) in [5.41, 5.74) is 0.196. The molecule has 0 radical (unpaired) electrons. The van der Waals surface area contributed by atoms with Crippen LogP contribution in [-0.2, 0) is 9.59 Å². The average molecular weight is 349 g/mol. The fourth-order valence-electron chi connectivity index (χ4n) is 2.52. The summed E-state index contributed by atoms with van der Waals surface area (Å²) in [4.78, 5) is 28.4. The maximum absolute atomic E-state index is 13.1. The third-order valence-electron chi connectivity index (χ3n) is 3.87. The molecule has 1 N–H and O–H groups in total. The number of nitrogens with one attached hydrogen (secondary N) is 1. The molecule has 0 saturated carbocycles. The summed E-state index contributed by atoms with van der Waals surface area (Å²) in [6.07, 6.45) is 0. The highest BCUT2D eigenvalue weighted by molar-refractivity contribution is 7.99. The second kappa shape index (κ2) is 6.89. The third kappa shape index (κ3) is 4.61. The van der Waals surface area contributed by atoms with Crippen LogP contribution in [0.15, 0.2) is 29.2 Å². The topological polar surface area (TPSA) is 49.4 Å². The van der Waals surface area contributed by atoms with Crippen molar-refractivity contribution in [2.45, 2.75) is 58.0 Å². The molecule has 2 rings (SSSR count). The molecule has 24 heavy (non-hydrogen) atoms. The quantitative estimate of drug-likeness (QED) is 0.908. The Morgan fingerprint density at radius 1 is 1.21 bits per heavy atom. The lowest BCUT2D eigenvalue weighted by Crippen LogP contribution is -2.54. The molecule has 0 aliphatic carbocycles. The van der Waals surface area contributed by atoms with Crippen LogP contribution in [0.1, 0.15) is 41.5 Å². The molecule has 1 aromatic carbocycles. The zero-order valence-corrected chi connectivity index (χ0v) is 16.3. The summed E-state index contributed by atoms with van der Waals surface area (Å²) in [6.45, 7) is 11.9. The number of para-hydroxylation sites is 1. The highest BCUT2D eigenvalue weighted by Crippen LogP contribution is 2.35. The van der Waals surface area contributed by atoms with Gasteiger partial charge in [0.05, 0.1) is 18.3 Å². The molecule has 1 atom stereocenters. The fraction of sp³-hybridized carbons (Fsp3) is 0.579. The molecule has 132 valence electrons. The SMILES string of the molecule is CC(C)(C)N[C@@H]1CSc2ccccc2N(CC(=O)C(C)(C)C)C1=O. The van der Waals surface area contributed by atoms with Crippen molar-refractivity contribution in [3.05, 3.63) is 24.3 Å². The van der Waals surface area contributed by atoms with Crippen LogP contribution in [0.3, 0.4) is 0 Å². The Bertz CT molecular complexity index is 629. The molecule has 0 saturated heterocycles. The van der Waals surface area contributed by atoms with Crippen molar-refractivity contribution < 1.29 is 9.59 Å². The Morgan fingerprint density at radius 2 is 1.83 bits per heavy atom. The minimum atomic E-state index is -0.471. The van der Waals surface area contributed by atoms with E-state index in [-0.39, 0.29) is 29.8 Å². The van der Waals surface area contributed by atoms with Gasteiger partial charge in [-0.2, -0.15) is 0 Å². The second-order valence-corrected chi connectivity index (χ2v) is 9.39. The van der Waals surface area contributed by atoms with Gasteiger partial charge in [-0.1, -0.05) is 32.9 Å². The van der Waals surface area contributed by atoms with Crippen LogP contribution in [0, 0.1) is 5.41 Å². The molecule has 1 heterocycles. The highest BCUT2D eigenvalue weighted by Gasteiger charge is 2.35. The lowest BCUT2D eigenvalue weighted by molar-refractivity contribution is -0.127. The van der Waals surface area contributed by atoms with Crippen LogP contribution in [0.2, 0.25) is 0 Å². The minimum Gasteiger partial charge on any atom is -0.302 e. The molecule has 1 aromatic rings. The van der Waals surface area contributed by atoms with Gasteiger partial charge in [0.25, 0.3) is 0 Å². The van der Waals surface area contributed by atoms with E-state index in [9.17, 15) is 9.59 Å². The van der Waals surface area contributed by atoms with E-state index in [0.29, 0.717) is 5.75 Å². The summed E-state index contributed by atoms with van der Waals surface area (Å²) < 4.78 is 0. The Hall–Kier alpha value is -1.33. The standard InChI is InChI=1S/C19H28N2O2S/c1-18(2,3)16(22)11-21-14-9-7-8-10-15(14)24-12-13(17(21)23)20-19(4,5)6/h7-10,13,20H,11-12H2,1-6H3/t13-/m1/s1. The maximum atomic E-state index is 13.1. The van der Waals surface area contributed by atoms with Crippen LogP contribution in [0.25, 0.3) is 0 Å². The van der Waals surface area contributed by atoms with Crippen LogP contribution < -0.4 is 10.2 Å². The summed E-state index contributed by atoms with van der Waals surface area (Å²) in [5.74, 6) is 0.694. The highest BCUT2D eigenvalue weighted by atomic mass is 32.2. The second-order valence-electron chi connectivity index (χ2n) is 8.32. The molecular formula is C19H28N2O2S. The zero-order valence-electron chi connectivity index (χ0n) is 15.5. The van der Waals surface area contributed by atoms with E-state index < -0.39 is 5.41 Å². The fourth-order valence-corrected chi connectivity index (χ4v) is 3.60. The van der Waals surface area contributed by atoms with Gasteiger partial charge in [0.1, 0.15) is 0 Å². The van der Waals surface area contributed by atoms with E-state index >= 15 is 0 Å². The molecule has 4 nitrogen and oxygen atoms in total. The maximum Gasteiger partial charge on any atom is 0.245 e. The number of benzene rings is 1. The summed E-state index contributed by atoms with van der Waals surface area (Å²) in [7, 11) is 0. The summed E-state index contributed by atoms with van der Waals surface area (Å²) >= 11 is 1.66. The number of nitrogens with zero attached hydrogens (tertiary/aromatic N) is 1.